The molecule has 0 amide bonds. The number of phenolic OH excluding ortho intramolecular Hbond substituents is 2. The molecule has 0 fully saturated rings. The van der Waals surface area contributed by atoms with Gasteiger partial charge in [0, 0.05) is 39.0 Å². The molecule has 44 heavy (non-hydrogen) atoms. The Morgan fingerprint density at radius 3 is 0.977 bits per heavy atom. The van der Waals surface area contributed by atoms with E-state index in [1.54, 1.807) is 0 Å². The van der Waals surface area contributed by atoms with E-state index in [4.69, 9.17) is 0 Å². The number of hydrogen-bond donors (Lipinski definition) is 2. The monoisotopic (exact) mass is 650 g/mol. The smallest absolute Gasteiger partial charge is 0.126 e. The van der Waals surface area contributed by atoms with Gasteiger partial charge in [-0.05, 0) is 98.3 Å². The fourth-order valence-electron chi connectivity index (χ4n) is 4.76. The van der Waals surface area contributed by atoms with Gasteiger partial charge in [0.15, 0.2) is 0 Å². The summed E-state index contributed by atoms with van der Waals surface area (Å²) >= 11 is 0. The number of aromatic hydroxyl groups is 2. The summed E-state index contributed by atoms with van der Waals surface area (Å²) in [5.41, 5.74) is 9.27. The molecule has 0 saturated heterocycles. The van der Waals surface area contributed by atoms with Crippen LogP contribution < -0.4 is 0 Å². The first kappa shape index (κ1) is 44.2. The largest absolute Gasteiger partial charge is 0.507 e. The molecule has 1 radical (unpaired) electrons. The van der Waals surface area contributed by atoms with Crippen LogP contribution in [-0.4, -0.2) is 10.2 Å². The third-order valence-corrected chi connectivity index (χ3v) is 9.72. The number of hydrogen-bond acceptors (Lipinski definition) is 2. The predicted octanol–water partition coefficient (Wildman–Crippen LogP) is 12.8. The van der Waals surface area contributed by atoms with E-state index in [1.807, 2.05) is 0 Å². The molecular formula is C41H67CoO2-. The van der Waals surface area contributed by atoms with Crippen molar-refractivity contribution in [1.82, 2.24) is 0 Å². The van der Waals surface area contributed by atoms with Gasteiger partial charge in [0.1, 0.15) is 11.5 Å². The summed E-state index contributed by atoms with van der Waals surface area (Å²) in [6.45, 7) is 35.0. The minimum Gasteiger partial charge on any atom is -0.507 e. The van der Waals surface area contributed by atoms with Crippen molar-refractivity contribution < 1.29 is 27.0 Å². The summed E-state index contributed by atoms with van der Waals surface area (Å²) in [5, 5.41) is 21.4. The Kier molecular flexibility index (Phi) is 17.1. The zero-order chi connectivity index (χ0) is 32.8. The molecule has 0 bridgehead atoms. The van der Waals surface area contributed by atoms with E-state index >= 15 is 0 Å². The van der Waals surface area contributed by atoms with E-state index < -0.39 is 0 Å². The minimum absolute atomic E-state index is 0. The van der Waals surface area contributed by atoms with E-state index in [0.29, 0.717) is 11.5 Å². The predicted molar refractivity (Wildman–Crippen MR) is 195 cm³/mol. The second-order valence-electron chi connectivity index (χ2n) is 15.3. The maximum Gasteiger partial charge on any atom is 0.126 e. The third kappa shape index (κ3) is 11.1. The zero-order valence-electron chi connectivity index (χ0n) is 31.5. The van der Waals surface area contributed by atoms with E-state index in [1.165, 1.54) is 22.3 Å². The van der Waals surface area contributed by atoms with Crippen molar-refractivity contribution in [3.8, 4) is 11.5 Å². The second-order valence-corrected chi connectivity index (χ2v) is 15.3. The Balaban J connectivity index is 0. The molecule has 0 spiro atoms. The van der Waals surface area contributed by atoms with Gasteiger partial charge >= 0.3 is 0 Å². The molecule has 253 valence electrons. The van der Waals surface area contributed by atoms with Gasteiger partial charge in [-0.2, -0.15) is 0 Å². The molecule has 3 heteroatoms. The van der Waals surface area contributed by atoms with Gasteiger partial charge in [-0.3, -0.25) is 0 Å². The van der Waals surface area contributed by atoms with Gasteiger partial charge in [0.25, 0.3) is 0 Å². The van der Waals surface area contributed by atoms with Crippen LogP contribution in [0.5, 0.6) is 11.5 Å². The van der Waals surface area contributed by atoms with Gasteiger partial charge < -0.3 is 17.6 Å². The topological polar surface area (TPSA) is 40.5 Å². The van der Waals surface area contributed by atoms with Crippen LogP contribution in [0.25, 0.3) is 12.2 Å². The van der Waals surface area contributed by atoms with E-state index in [-0.39, 0.29) is 45.9 Å². The van der Waals surface area contributed by atoms with Gasteiger partial charge in [0.2, 0.25) is 0 Å². The van der Waals surface area contributed by atoms with Crippen molar-refractivity contribution in [2.24, 2.45) is 0 Å². The van der Waals surface area contributed by atoms with Crippen LogP contribution in [0.2, 0.25) is 0 Å². The molecule has 0 saturated carbocycles. The number of allylic oxidation sites excluding steroid dienone is 2. The summed E-state index contributed by atoms with van der Waals surface area (Å²) in [6, 6.07) is 8.73. The molecule has 2 aromatic carbocycles. The molecule has 0 unspecified atom stereocenters. The van der Waals surface area contributed by atoms with Crippen molar-refractivity contribution in [3.05, 3.63) is 76.2 Å². The van der Waals surface area contributed by atoms with Crippen LogP contribution in [-0.2, 0) is 38.4 Å². The minimum atomic E-state index is -0.0197. The maximum absolute atomic E-state index is 10.7. The van der Waals surface area contributed by atoms with E-state index in [9.17, 15) is 10.2 Å². The molecule has 2 aromatic rings. The third-order valence-electron chi connectivity index (χ3n) is 9.72. The second kappa shape index (κ2) is 17.1. The van der Waals surface area contributed by atoms with Crippen LogP contribution in [0.4, 0.5) is 0 Å². The standard InChI is InChI=1S/2C20H32O.CH3.Co/c2*1-9-19(5,6)16-12-15(11-14(3)4)18(21)17(13-16)20(7,8)10-2;;/h2*11-13,21H,9-10H2,1-8H3;1H3;/q;;-1;. The molecule has 0 aliphatic heterocycles. The Hall–Kier alpha value is -1.97. The maximum atomic E-state index is 10.7. The van der Waals surface area contributed by atoms with Gasteiger partial charge in [-0.1, -0.05) is 119 Å². The molecule has 0 aliphatic carbocycles. The van der Waals surface area contributed by atoms with Crippen molar-refractivity contribution in [2.75, 3.05) is 0 Å². The summed E-state index contributed by atoms with van der Waals surface area (Å²) in [6.07, 6.45) is 8.34. The molecule has 2 rings (SSSR count). The first-order valence-electron chi connectivity index (χ1n) is 16.2. The Bertz CT molecular complexity index is 1160. The van der Waals surface area contributed by atoms with Crippen LogP contribution in [0.15, 0.2) is 35.4 Å². The van der Waals surface area contributed by atoms with Gasteiger partial charge in [-0.15, -0.1) is 0 Å². The average molecular weight is 651 g/mol. The number of phenols is 2. The first-order chi connectivity index (χ1) is 19.1. The van der Waals surface area contributed by atoms with Crippen LogP contribution in [0, 0.1) is 7.43 Å². The van der Waals surface area contributed by atoms with Gasteiger partial charge in [0.05, 0.1) is 0 Å². The number of benzene rings is 2. The Morgan fingerprint density at radius 1 is 0.523 bits per heavy atom. The normalized spacial score (nSPS) is 11.8. The molecule has 0 atom stereocenters. The van der Waals surface area contributed by atoms with E-state index in [0.717, 1.165) is 47.9 Å². The van der Waals surface area contributed by atoms with Crippen LogP contribution in [0.3, 0.4) is 0 Å². The van der Waals surface area contributed by atoms with Crippen LogP contribution in [0.1, 0.15) is 170 Å². The summed E-state index contributed by atoms with van der Waals surface area (Å²) in [7, 11) is 0. The fraction of sp³-hybridized carbons (Fsp3) is 0.585. The molecule has 2 N–H and O–H groups in total. The van der Waals surface area contributed by atoms with Crippen molar-refractivity contribution >= 4 is 12.2 Å². The summed E-state index contributed by atoms with van der Waals surface area (Å²) in [4.78, 5) is 0. The first-order valence-corrected chi connectivity index (χ1v) is 16.2. The molecule has 0 heterocycles. The van der Waals surface area contributed by atoms with Crippen LogP contribution >= 0.6 is 0 Å². The molecule has 0 aromatic heterocycles. The zero-order valence-corrected chi connectivity index (χ0v) is 32.6. The quantitative estimate of drug-likeness (QED) is 0.251. The Labute approximate surface area is 284 Å². The number of rotatable bonds is 10. The van der Waals surface area contributed by atoms with Gasteiger partial charge in [-0.25, -0.2) is 0 Å². The molecule has 0 aliphatic rings. The van der Waals surface area contributed by atoms with Crippen molar-refractivity contribution in [2.45, 2.75) is 158 Å². The van der Waals surface area contributed by atoms with Crippen molar-refractivity contribution in [3.63, 3.8) is 0 Å². The SMILES string of the molecule is CCC(C)(C)c1cc(C=C(C)C)c(O)c(C(C)(C)CC)c1.CCC(C)(C)c1cc(C=C(C)C)c(O)c(C(C)(C)CC)c1.[CH3-].[Co]. The fourth-order valence-corrected chi connectivity index (χ4v) is 4.76. The van der Waals surface area contributed by atoms with Crippen molar-refractivity contribution in [1.29, 1.82) is 0 Å². The molecular weight excluding hydrogens is 583 g/mol. The summed E-state index contributed by atoms with van der Waals surface area (Å²) < 4.78 is 0. The Morgan fingerprint density at radius 2 is 0.773 bits per heavy atom. The average Bonchev–Trinajstić information content (AvgIpc) is 2.90. The molecule has 2 nitrogen and oxygen atoms in total. The summed E-state index contributed by atoms with van der Waals surface area (Å²) in [5.74, 6) is 0.886. The van der Waals surface area contributed by atoms with E-state index in [2.05, 4.69) is 147 Å².